The molecular formula is C22H20ClF3N2O2. The van der Waals surface area contributed by atoms with Gasteiger partial charge in [0, 0.05) is 42.7 Å². The fourth-order valence-corrected chi connectivity index (χ4v) is 4.12. The predicted molar refractivity (Wildman–Crippen MR) is 106 cm³/mol. The Labute approximate surface area is 177 Å². The van der Waals surface area contributed by atoms with Gasteiger partial charge in [0.05, 0.1) is 5.56 Å². The zero-order valence-corrected chi connectivity index (χ0v) is 16.8. The van der Waals surface area contributed by atoms with E-state index in [0.717, 1.165) is 24.1 Å². The van der Waals surface area contributed by atoms with Crippen LogP contribution in [-0.4, -0.2) is 47.8 Å². The summed E-state index contributed by atoms with van der Waals surface area (Å²) in [7, 11) is 0. The molecule has 2 fully saturated rings. The number of carbonyl (C=O) groups excluding carboxylic acids is 2. The highest BCUT2D eigenvalue weighted by atomic mass is 35.5. The summed E-state index contributed by atoms with van der Waals surface area (Å²) in [6, 6.07) is 11.8. The number of benzene rings is 2. The minimum atomic E-state index is -4.43. The van der Waals surface area contributed by atoms with Crippen LogP contribution in [0.1, 0.15) is 33.8 Å². The SMILES string of the molecule is O=C(c1ccc(C(F)(F)F)cc1)N1CCN(C(=O)C2CC2c2cccc(Cl)c2)CC1. The van der Waals surface area contributed by atoms with Crippen molar-refractivity contribution in [3.8, 4) is 0 Å². The monoisotopic (exact) mass is 436 g/mol. The van der Waals surface area contributed by atoms with E-state index >= 15 is 0 Å². The number of hydrogen-bond donors (Lipinski definition) is 0. The van der Waals surface area contributed by atoms with Crippen LogP contribution in [0, 0.1) is 5.92 Å². The Hall–Kier alpha value is -2.54. The van der Waals surface area contributed by atoms with Crippen LogP contribution in [0.15, 0.2) is 48.5 Å². The van der Waals surface area contributed by atoms with Crippen molar-refractivity contribution < 1.29 is 22.8 Å². The van der Waals surface area contributed by atoms with Crippen molar-refractivity contribution in [1.29, 1.82) is 0 Å². The van der Waals surface area contributed by atoms with E-state index in [1.165, 1.54) is 12.1 Å². The van der Waals surface area contributed by atoms with Crippen LogP contribution in [0.3, 0.4) is 0 Å². The van der Waals surface area contributed by atoms with E-state index in [1.807, 2.05) is 18.2 Å². The fraction of sp³-hybridized carbons (Fsp3) is 0.364. The first-order chi connectivity index (χ1) is 14.2. The minimum Gasteiger partial charge on any atom is -0.339 e. The lowest BCUT2D eigenvalue weighted by Crippen LogP contribution is -2.51. The lowest BCUT2D eigenvalue weighted by Gasteiger charge is -2.35. The van der Waals surface area contributed by atoms with Gasteiger partial charge in [0.25, 0.3) is 5.91 Å². The average molecular weight is 437 g/mol. The number of rotatable bonds is 3. The van der Waals surface area contributed by atoms with Gasteiger partial charge in [0.1, 0.15) is 0 Å². The van der Waals surface area contributed by atoms with Gasteiger partial charge in [-0.3, -0.25) is 9.59 Å². The quantitative estimate of drug-likeness (QED) is 0.713. The van der Waals surface area contributed by atoms with E-state index in [2.05, 4.69) is 0 Å². The molecule has 4 rings (SSSR count). The Kier molecular flexibility index (Phi) is 5.49. The molecular weight excluding hydrogens is 417 g/mol. The molecule has 2 aromatic rings. The summed E-state index contributed by atoms with van der Waals surface area (Å²) in [5.74, 6) is -0.107. The maximum absolute atomic E-state index is 12.8. The molecule has 2 aromatic carbocycles. The van der Waals surface area contributed by atoms with E-state index in [1.54, 1.807) is 15.9 Å². The molecule has 0 radical (unpaired) electrons. The predicted octanol–water partition coefficient (Wildman–Crippen LogP) is 4.45. The smallest absolute Gasteiger partial charge is 0.339 e. The number of alkyl halides is 3. The maximum Gasteiger partial charge on any atom is 0.416 e. The topological polar surface area (TPSA) is 40.6 Å². The van der Waals surface area contributed by atoms with Gasteiger partial charge in [-0.15, -0.1) is 0 Å². The Morgan fingerprint density at radius 3 is 2.17 bits per heavy atom. The molecule has 0 bridgehead atoms. The van der Waals surface area contributed by atoms with Crippen LogP contribution in [0.25, 0.3) is 0 Å². The lowest BCUT2D eigenvalue weighted by molar-refractivity contribution is -0.137. The molecule has 1 aliphatic heterocycles. The first-order valence-corrected chi connectivity index (χ1v) is 10.1. The third-order valence-corrected chi connectivity index (χ3v) is 5.96. The van der Waals surface area contributed by atoms with Crippen LogP contribution in [0.5, 0.6) is 0 Å². The average Bonchev–Trinajstić information content (AvgIpc) is 3.53. The normalized spacial score (nSPS) is 21.5. The van der Waals surface area contributed by atoms with E-state index in [9.17, 15) is 22.8 Å². The second kappa shape index (κ2) is 7.95. The highest BCUT2D eigenvalue weighted by Gasteiger charge is 2.46. The van der Waals surface area contributed by atoms with Gasteiger partial charge in [0.2, 0.25) is 5.91 Å². The van der Waals surface area contributed by atoms with Gasteiger partial charge < -0.3 is 9.80 Å². The number of piperazine rings is 1. The van der Waals surface area contributed by atoms with E-state index < -0.39 is 11.7 Å². The van der Waals surface area contributed by atoms with Gasteiger partial charge in [-0.2, -0.15) is 13.2 Å². The lowest BCUT2D eigenvalue weighted by atomic mass is 10.1. The first-order valence-electron chi connectivity index (χ1n) is 9.75. The van der Waals surface area contributed by atoms with Gasteiger partial charge in [-0.25, -0.2) is 0 Å². The zero-order valence-electron chi connectivity index (χ0n) is 16.0. The van der Waals surface area contributed by atoms with E-state index in [0.29, 0.717) is 31.2 Å². The van der Waals surface area contributed by atoms with Gasteiger partial charge in [-0.05, 0) is 54.3 Å². The number of nitrogens with zero attached hydrogens (tertiary/aromatic N) is 2. The van der Waals surface area contributed by atoms with Crippen LogP contribution in [0.2, 0.25) is 5.02 Å². The second-order valence-electron chi connectivity index (χ2n) is 7.70. The second-order valence-corrected chi connectivity index (χ2v) is 8.13. The largest absolute Gasteiger partial charge is 0.416 e. The van der Waals surface area contributed by atoms with Crippen molar-refractivity contribution in [2.45, 2.75) is 18.5 Å². The Morgan fingerprint density at radius 2 is 1.57 bits per heavy atom. The van der Waals surface area contributed by atoms with E-state index in [-0.39, 0.29) is 29.2 Å². The molecule has 2 amide bonds. The van der Waals surface area contributed by atoms with Gasteiger partial charge >= 0.3 is 6.18 Å². The molecule has 1 heterocycles. The summed E-state index contributed by atoms with van der Waals surface area (Å²) in [6.07, 6.45) is -3.64. The fourth-order valence-electron chi connectivity index (χ4n) is 3.92. The van der Waals surface area contributed by atoms with Crippen LogP contribution >= 0.6 is 11.6 Å². The number of hydrogen-bond acceptors (Lipinski definition) is 2. The summed E-state index contributed by atoms with van der Waals surface area (Å²) in [4.78, 5) is 28.7. The molecule has 2 unspecified atom stereocenters. The van der Waals surface area contributed by atoms with Crippen molar-refractivity contribution in [3.63, 3.8) is 0 Å². The zero-order chi connectivity index (χ0) is 21.5. The van der Waals surface area contributed by atoms with Crippen molar-refractivity contribution in [3.05, 3.63) is 70.2 Å². The summed E-state index contributed by atoms with van der Waals surface area (Å²) < 4.78 is 38.0. The molecule has 1 saturated heterocycles. The summed E-state index contributed by atoms with van der Waals surface area (Å²) in [5.41, 5.74) is 0.496. The highest BCUT2D eigenvalue weighted by molar-refractivity contribution is 6.30. The van der Waals surface area contributed by atoms with Gasteiger partial charge in [-0.1, -0.05) is 23.7 Å². The molecule has 1 aliphatic carbocycles. The molecule has 0 aromatic heterocycles. The standard InChI is InChI=1S/C22H20ClF3N2O2/c23-17-3-1-2-15(12-17)18-13-19(18)21(30)28-10-8-27(9-11-28)20(29)14-4-6-16(7-5-14)22(24,25)26/h1-7,12,18-19H,8-11,13H2. The van der Waals surface area contributed by atoms with Crippen molar-refractivity contribution in [1.82, 2.24) is 9.80 Å². The molecule has 0 spiro atoms. The third kappa shape index (κ3) is 4.31. The highest BCUT2D eigenvalue weighted by Crippen LogP contribution is 2.49. The molecule has 1 saturated carbocycles. The molecule has 0 N–H and O–H groups in total. The van der Waals surface area contributed by atoms with Crippen LogP contribution < -0.4 is 0 Å². The number of halogens is 4. The summed E-state index contributed by atoms with van der Waals surface area (Å²) in [6.45, 7) is 1.56. The number of carbonyl (C=O) groups is 2. The van der Waals surface area contributed by atoms with Crippen molar-refractivity contribution >= 4 is 23.4 Å². The third-order valence-electron chi connectivity index (χ3n) is 5.72. The molecule has 2 atom stereocenters. The Morgan fingerprint density at radius 1 is 0.933 bits per heavy atom. The van der Waals surface area contributed by atoms with E-state index in [4.69, 9.17) is 11.6 Å². The molecule has 158 valence electrons. The number of amides is 2. The summed E-state index contributed by atoms with van der Waals surface area (Å²) in [5, 5.41) is 0.654. The van der Waals surface area contributed by atoms with Crippen molar-refractivity contribution in [2.75, 3.05) is 26.2 Å². The molecule has 30 heavy (non-hydrogen) atoms. The summed E-state index contributed by atoms with van der Waals surface area (Å²) >= 11 is 6.03. The van der Waals surface area contributed by atoms with Crippen LogP contribution in [0.4, 0.5) is 13.2 Å². The van der Waals surface area contributed by atoms with Crippen LogP contribution in [-0.2, 0) is 11.0 Å². The Balaban J connectivity index is 1.32. The first kappa shape index (κ1) is 20.7. The maximum atomic E-state index is 12.8. The Bertz CT molecular complexity index is 954. The molecule has 4 nitrogen and oxygen atoms in total. The molecule has 8 heteroatoms. The minimum absolute atomic E-state index is 0.0550. The van der Waals surface area contributed by atoms with Crippen molar-refractivity contribution in [2.24, 2.45) is 5.92 Å². The van der Waals surface area contributed by atoms with Gasteiger partial charge in [0.15, 0.2) is 0 Å². The molecule has 2 aliphatic rings.